The second-order valence-electron chi connectivity index (χ2n) is 6.24. The Morgan fingerprint density at radius 3 is 2.60 bits per heavy atom. The van der Waals surface area contributed by atoms with Crippen molar-refractivity contribution in [3.63, 3.8) is 0 Å². The van der Waals surface area contributed by atoms with Gasteiger partial charge in [-0.2, -0.15) is 0 Å². The number of amides is 1. The molecule has 110 valence electrons. The molecule has 0 fully saturated rings. The summed E-state index contributed by atoms with van der Waals surface area (Å²) >= 11 is 0. The number of carbonyl (C=O) groups excluding carboxylic acids is 1. The van der Waals surface area contributed by atoms with Gasteiger partial charge in [-0.1, -0.05) is 6.92 Å². The number of nitrogens with zero attached hydrogens (tertiary/aromatic N) is 2. The molecule has 0 aromatic heterocycles. The summed E-state index contributed by atoms with van der Waals surface area (Å²) in [6.45, 7) is 8.64. The molecule has 1 unspecified atom stereocenters. The number of ether oxygens (including phenoxy) is 1. The number of rotatable bonds is 1. The van der Waals surface area contributed by atoms with Crippen molar-refractivity contribution < 1.29 is 19.4 Å². The van der Waals surface area contributed by atoms with Crippen molar-refractivity contribution >= 4 is 17.8 Å². The molecule has 1 amide bonds. The third kappa shape index (κ3) is 2.84. The van der Waals surface area contributed by atoms with Gasteiger partial charge in [0.05, 0.1) is 13.1 Å². The van der Waals surface area contributed by atoms with Gasteiger partial charge in [0.2, 0.25) is 0 Å². The minimum atomic E-state index is -1.03. The van der Waals surface area contributed by atoms with E-state index in [9.17, 15) is 9.59 Å². The van der Waals surface area contributed by atoms with Crippen molar-refractivity contribution in [2.45, 2.75) is 33.3 Å². The molecule has 1 atom stereocenters. The molecule has 2 rings (SSSR count). The maximum atomic E-state index is 12.1. The minimum absolute atomic E-state index is 0.0834. The maximum Gasteiger partial charge on any atom is 0.410 e. The molecule has 2 heterocycles. The van der Waals surface area contributed by atoms with Gasteiger partial charge < -0.3 is 14.7 Å². The lowest BCUT2D eigenvalue weighted by Gasteiger charge is -2.33. The molecule has 0 bridgehead atoms. The molecule has 6 nitrogen and oxygen atoms in total. The summed E-state index contributed by atoms with van der Waals surface area (Å²) in [5, 5.41) is 9.15. The smallest absolute Gasteiger partial charge is 0.410 e. The van der Waals surface area contributed by atoms with Crippen LogP contribution in [0.1, 0.15) is 27.7 Å². The van der Waals surface area contributed by atoms with Crippen molar-refractivity contribution in [1.29, 1.82) is 0 Å². The standard InChI is InChI=1S/C14H20N2O4/c1-8-6-16(13(19)20-14(2,3)4)7-10-9(8)5-15-11(10)12(17)18/h8H,5-7H2,1-4H3,(H,17,18). The molecule has 1 N–H and O–H groups in total. The van der Waals surface area contributed by atoms with Crippen LogP contribution >= 0.6 is 0 Å². The molecular formula is C14H20N2O4. The normalized spacial score (nSPS) is 22.5. The number of hydrogen-bond donors (Lipinski definition) is 1. The Morgan fingerprint density at radius 1 is 1.40 bits per heavy atom. The third-order valence-corrected chi connectivity index (χ3v) is 3.37. The summed E-state index contributed by atoms with van der Waals surface area (Å²) in [6, 6.07) is 0. The lowest BCUT2D eigenvalue weighted by atomic mass is 9.91. The largest absolute Gasteiger partial charge is 0.477 e. The van der Waals surface area contributed by atoms with Gasteiger partial charge in [0, 0.05) is 12.1 Å². The number of aliphatic carboxylic acids is 1. The zero-order valence-electron chi connectivity index (χ0n) is 12.3. The van der Waals surface area contributed by atoms with Crippen LogP contribution < -0.4 is 0 Å². The molecule has 0 radical (unpaired) electrons. The predicted octanol–water partition coefficient (Wildman–Crippen LogP) is 1.71. The van der Waals surface area contributed by atoms with Crippen LogP contribution in [0.25, 0.3) is 0 Å². The Kier molecular flexibility index (Phi) is 3.58. The van der Waals surface area contributed by atoms with Crippen molar-refractivity contribution in [2.24, 2.45) is 10.9 Å². The van der Waals surface area contributed by atoms with E-state index in [4.69, 9.17) is 9.84 Å². The second-order valence-corrected chi connectivity index (χ2v) is 6.24. The second kappa shape index (κ2) is 4.92. The van der Waals surface area contributed by atoms with Gasteiger partial charge in [-0.05, 0) is 32.3 Å². The predicted molar refractivity (Wildman–Crippen MR) is 73.9 cm³/mol. The molecule has 2 aliphatic rings. The van der Waals surface area contributed by atoms with E-state index in [0.29, 0.717) is 18.7 Å². The first-order chi connectivity index (χ1) is 9.19. The van der Waals surface area contributed by atoms with Crippen molar-refractivity contribution in [3.8, 4) is 0 Å². The SMILES string of the molecule is CC1CN(C(=O)OC(C)(C)C)CC2=C1CN=C2C(=O)O. The minimum Gasteiger partial charge on any atom is -0.477 e. The maximum absolute atomic E-state index is 12.1. The van der Waals surface area contributed by atoms with Gasteiger partial charge in [0.1, 0.15) is 11.3 Å². The molecule has 20 heavy (non-hydrogen) atoms. The highest BCUT2D eigenvalue weighted by atomic mass is 16.6. The molecule has 2 aliphatic heterocycles. The molecule has 0 aliphatic carbocycles. The summed E-state index contributed by atoms with van der Waals surface area (Å²) in [7, 11) is 0. The van der Waals surface area contributed by atoms with Crippen LogP contribution in [0, 0.1) is 5.92 Å². The number of hydrogen-bond acceptors (Lipinski definition) is 4. The van der Waals surface area contributed by atoms with Crippen LogP contribution in [0.4, 0.5) is 4.79 Å². The lowest BCUT2D eigenvalue weighted by Crippen LogP contribution is -2.44. The molecule has 6 heteroatoms. The molecule has 0 saturated carbocycles. The molecule has 0 aromatic rings. The van der Waals surface area contributed by atoms with E-state index < -0.39 is 17.7 Å². The Morgan fingerprint density at radius 2 is 2.05 bits per heavy atom. The zero-order chi connectivity index (χ0) is 15.1. The molecule has 0 saturated heterocycles. The van der Waals surface area contributed by atoms with Gasteiger partial charge in [0.25, 0.3) is 0 Å². The summed E-state index contributed by atoms with van der Waals surface area (Å²) in [4.78, 5) is 28.9. The number of carbonyl (C=O) groups is 2. The highest BCUT2D eigenvalue weighted by Crippen LogP contribution is 2.29. The summed E-state index contributed by atoms with van der Waals surface area (Å²) < 4.78 is 5.35. The van der Waals surface area contributed by atoms with E-state index in [2.05, 4.69) is 4.99 Å². The number of carboxylic acid groups (broad SMARTS) is 1. The Labute approximate surface area is 118 Å². The Balaban J connectivity index is 2.17. The van der Waals surface area contributed by atoms with E-state index in [1.54, 1.807) is 4.90 Å². The van der Waals surface area contributed by atoms with Gasteiger partial charge in [-0.3, -0.25) is 4.99 Å². The fraction of sp³-hybridized carbons (Fsp3) is 0.643. The first kappa shape index (κ1) is 14.6. The Bertz CT molecular complexity index is 514. The van der Waals surface area contributed by atoms with Gasteiger partial charge in [-0.15, -0.1) is 0 Å². The average molecular weight is 280 g/mol. The van der Waals surface area contributed by atoms with Gasteiger partial charge in [0.15, 0.2) is 0 Å². The highest BCUT2D eigenvalue weighted by Gasteiger charge is 2.36. The van der Waals surface area contributed by atoms with Gasteiger partial charge in [-0.25, -0.2) is 9.59 Å². The van der Waals surface area contributed by atoms with E-state index in [0.717, 1.165) is 5.57 Å². The highest BCUT2D eigenvalue weighted by molar-refractivity contribution is 6.43. The van der Waals surface area contributed by atoms with Crippen molar-refractivity contribution in [1.82, 2.24) is 4.90 Å². The first-order valence-corrected chi connectivity index (χ1v) is 6.67. The average Bonchev–Trinajstić information content (AvgIpc) is 2.70. The Hall–Kier alpha value is -1.85. The van der Waals surface area contributed by atoms with Crippen LogP contribution in [0.2, 0.25) is 0 Å². The summed E-state index contributed by atoms with van der Waals surface area (Å²) in [5.74, 6) is -0.930. The monoisotopic (exact) mass is 280 g/mol. The lowest BCUT2D eigenvalue weighted by molar-refractivity contribution is -0.129. The van der Waals surface area contributed by atoms with Crippen molar-refractivity contribution in [2.75, 3.05) is 19.6 Å². The van der Waals surface area contributed by atoms with Gasteiger partial charge >= 0.3 is 12.1 Å². The van der Waals surface area contributed by atoms with E-state index in [-0.39, 0.29) is 18.2 Å². The summed E-state index contributed by atoms with van der Waals surface area (Å²) in [6.07, 6.45) is -0.410. The molecule has 0 aromatic carbocycles. The molecular weight excluding hydrogens is 260 g/mol. The van der Waals surface area contributed by atoms with Crippen LogP contribution in [0.3, 0.4) is 0 Å². The quantitative estimate of drug-likeness (QED) is 0.793. The van der Waals surface area contributed by atoms with E-state index in [1.807, 2.05) is 27.7 Å². The van der Waals surface area contributed by atoms with Crippen LogP contribution in [0.5, 0.6) is 0 Å². The topological polar surface area (TPSA) is 79.2 Å². The third-order valence-electron chi connectivity index (χ3n) is 3.37. The fourth-order valence-electron chi connectivity index (χ4n) is 2.50. The zero-order valence-corrected chi connectivity index (χ0v) is 12.3. The van der Waals surface area contributed by atoms with E-state index in [1.165, 1.54) is 0 Å². The number of carboxylic acids is 1. The van der Waals surface area contributed by atoms with Crippen LogP contribution in [-0.4, -0.2) is 53.0 Å². The molecule has 0 spiro atoms. The fourth-order valence-corrected chi connectivity index (χ4v) is 2.50. The summed E-state index contributed by atoms with van der Waals surface area (Å²) in [5.41, 5.74) is 1.22. The van der Waals surface area contributed by atoms with Crippen LogP contribution in [0.15, 0.2) is 16.1 Å². The number of aliphatic imine (C=N–C) groups is 1. The first-order valence-electron chi connectivity index (χ1n) is 6.67. The van der Waals surface area contributed by atoms with E-state index >= 15 is 0 Å². The van der Waals surface area contributed by atoms with Crippen molar-refractivity contribution in [3.05, 3.63) is 11.1 Å². The van der Waals surface area contributed by atoms with Crippen LogP contribution in [-0.2, 0) is 9.53 Å².